The number of piperazine rings is 1. The highest BCUT2D eigenvalue weighted by Gasteiger charge is 2.30. The number of nitro groups is 1. The fourth-order valence-electron chi connectivity index (χ4n) is 3.54. The zero-order valence-electron chi connectivity index (χ0n) is 17.1. The molecule has 4 rings (SSSR count). The van der Waals surface area contributed by atoms with E-state index in [1.54, 1.807) is 12.1 Å². The molecule has 0 aliphatic carbocycles. The van der Waals surface area contributed by atoms with E-state index in [2.05, 4.69) is 9.89 Å². The molecule has 31 heavy (non-hydrogen) atoms. The van der Waals surface area contributed by atoms with Gasteiger partial charge in [-0.15, -0.1) is 0 Å². The maximum absolute atomic E-state index is 12.4. The minimum Gasteiger partial charge on any atom is -0.494 e. The summed E-state index contributed by atoms with van der Waals surface area (Å²) in [6.45, 7) is 5.07. The van der Waals surface area contributed by atoms with Crippen LogP contribution in [0, 0.1) is 10.1 Å². The molecule has 0 saturated carbocycles. The van der Waals surface area contributed by atoms with Gasteiger partial charge >= 0.3 is 0 Å². The normalized spacial score (nSPS) is 17.8. The molecule has 2 heterocycles. The Morgan fingerprint density at radius 2 is 1.77 bits per heavy atom. The molecule has 1 amide bonds. The van der Waals surface area contributed by atoms with Crippen LogP contribution in [0.5, 0.6) is 5.75 Å². The fraction of sp³-hybridized carbons (Fsp3) is 0.273. The quantitative estimate of drug-likeness (QED) is 0.399. The van der Waals surface area contributed by atoms with Gasteiger partial charge in [0.2, 0.25) is 0 Å². The van der Waals surface area contributed by atoms with Crippen LogP contribution in [0.3, 0.4) is 0 Å². The molecule has 0 radical (unpaired) electrons. The van der Waals surface area contributed by atoms with Gasteiger partial charge in [-0.2, -0.15) is 4.99 Å². The Hall–Kier alpha value is -3.33. The molecule has 8 nitrogen and oxygen atoms in total. The molecule has 1 fully saturated rings. The van der Waals surface area contributed by atoms with E-state index in [4.69, 9.17) is 4.74 Å². The molecule has 2 aliphatic heterocycles. The lowest BCUT2D eigenvalue weighted by Crippen LogP contribution is -2.48. The van der Waals surface area contributed by atoms with Gasteiger partial charge in [-0.25, -0.2) is 0 Å². The van der Waals surface area contributed by atoms with E-state index < -0.39 is 0 Å². The average molecular weight is 439 g/mol. The fourth-order valence-corrected chi connectivity index (χ4v) is 4.50. The number of ether oxygens (including phenoxy) is 1. The van der Waals surface area contributed by atoms with E-state index in [0.29, 0.717) is 48.5 Å². The Balaban J connectivity index is 1.39. The molecule has 9 heteroatoms. The number of aliphatic imine (C=N–C) groups is 1. The Labute approximate surface area is 184 Å². The Bertz CT molecular complexity index is 1040. The smallest absolute Gasteiger partial charge is 0.292 e. The average Bonchev–Trinajstić information content (AvgIpc) is 3.15. The molecule has 0 N–H and O–H groups in total. The van der Waals surface area contributed by atoms with Gasteiger partial charge in [0.15, 0.2) is 5.17 Å². The lowest BCUT2D eigenvalue weighted by Gasteiger charge is -2.36. The molecule has 160 valence electrons. The van der Waals surface area contributed by atoms with Gasteiger partial charge in [-0.3, -0.25) is 14.9 Å². The predicted molar refractivity (Wildman–Crippen MR) is 123 cm³/mol. The number of hydrogen-bond acceptors (Lipinski definition) is 7. The number of hydrogen-bond donors (Lipinski definition) is 0. The zero-order valence-corrected chi connectivity index (χ0v) is 17.9. The minimum absolute atomic E-state index is 0.110. The van der Waals surface area contributed by atoms with Crippen molar-refractivity contribution in [1.29, 1.82) is 0 Å². The van der Waals surface area contributed by atoms with Crippen LogP contribution < -0.4 is 9.64 Å². The van der Waals surface area contributed by atoms with Crippen molar-refractivity contribution in [3.05, 3.63) is 69.1 Å². The highest BCUT2D eigenvalue weighted by atomic mass is 32.2. The third kappa shape index (κ3) is 4.72. The van der Waals surface area contributed by atoms with Crippen LogP contribution in [-0.2, 0) is 4.79 Å². The van der Waals surface area contributed by atoms with Crippen LogP contribution in [0.1, 0.15) is 12.5 Å². The second-order valence-corrected chi connectivity index (χ2v) is 8.04. The first-order chi connectivity index (χ1) is 15.0. The molecular formula is C22H22N4O4S. The number of anilines is 1. The van der Waals surface area contributed by atoms with Gasteiger partial charge in [0.25, 0.3) is 11.6 Å². The van der Waals surface area contributed by atoms with Gasteiger partial charge in [0, 0.05) is 32.2 Å². The monoisotopic (exact) mass is 438 g/mol. The van der Waals surface area contributed by atoms with Crippen LogP contribution in [0.15, 0.2) is 58.4 Å². The minimum atomic E-state index is -0.352. The van der Waals surface area contributed by atoms with Crippen molar-refractivity contribution in [3.8, 4) is 5.75 Å². The van der Waals surface area contributed by atoms with Gasteiger partial charge in [-0.05, 0) is 48.5 Å². The predicted octanol–water partition coefficient (Wildman–Crippen LogP) is 3.79. The second-order valence-electron chi connectivity index (χ2n) is 7.03. The summed E-state index contributed by atoms with van der Waals surface area (Å²) in [4.78, 5) is 32.2. The summed E-state index contributed by atoms with van der Waals surface area (Å²) in [5, 5.41) is 12.0. The largest absolute Gasteiger partial charge is 0.494 e. The van der Waals surface area contributed by atoms with Crippen LogP contribution in [0.25, 0.3) is 6.08 Å². The Morgan fingerprint density at radius 1 is 1.10 bits per heavy atom. The van der Waals surface area contributed by atoms with Crippen LogP contribution in [-0.4, -0.2) is 53.7 Å². The topological polar surface area (TPSA) is 88.3 Å². The number of nitrogens with zero attached hydrogens (tertiary/aromatic N) is 4. The van der Waals surface area contributed by atoms with Crippen molar-refractivity contribution in [3.63, 3.8) is 0 Å². The summed E-state index contributed by atoms with van der Waals surface area (Å²) < 4.78 is 5.45. The Morgan fingerprint density at radius 3 is 2.45 bits per heavy atom. The third-order valence-electron chi connectivity index (χ3n) is 5.07. The number of amidine groups is 1. The van der Waals surface area contributed by atoms with Crippen molar-refractivity contribution in [2.75, 3.05) is 37.7 Å². The van der Waals surface area contributed by atoms with Crippen molar-refractivity contribution in [2.24, 2.45) is 4.99 Å². The van der Waals surface area contributed by atoms with Crippen LogP contribution in [0.2, 0.25) is 0 Å². The summed E-state index contributed by atoms with van der Waals surface area (Å²) in [6, 6.07) is 14.4. The SMILES string of the molecule is CCOc1ccc(C=C2SC(N3CCN(c4ccccc4[N+](=O)[O-])CC3)=NC2=O)cc1. The molecular weight excluding hydrogens is 416 g/mol. The molecule has 0 aromatic heterocycles. The van der Waals surface area contributed by atoms with E-state index >= 15 is 0 Å². The standard InChI is InChI=1S/C22H22N4O4S/c1-2-30-17-9-7-16(8-10-17)15-20-21(27)23-22(31-20)25-13-11-24(12-14-25)18-5-3-4-6-19(18)26(28)29/h3-10,15H,2,11-14H2,1H3. The van der Waals surface area contributed by atoms with Gasteiger partial charge < -0.3 is 14.5 Å². The zero-order chi connectivity index (χ0) is 21.8. The molecule has 2 aliphatic rings. The van der Waals surface area contributed by atoms with E-state index in [1.165, 1.54) is 17.8 Å². The first kappa shape index (κ1) is 20.9. The van der Waals surface area contributed by atoms with E-state index in [9.17, 15) is 14.9 Å². The summed E-state index contributed by atoms with van der Waals surface area (Å²) >= 11 is 1.37. The van der Waals surface area contributed by atoms with E-state index in [0.717, 1.165) is 11.3 Å². The molecule has 0 unspecified atom stereocenters. The van der Waals surface area contributed by atoms with E-state index in [-0.39, 0.29) is 16.5 Å². The maximum Gasteiger partial charge on any atom is 0.292 e. The highest BCUT2D eigenvalue weighted by Crippen LogP contribution is 2.33. The summed E-state index contributed by atoms with van der Waals surface area (Å²) in [6.07, 6.45) is 1.84. The summed E-state index contributed by atoms with van der Waals surface area (Å²) in [7, 11) is 0. The van der Waals surface area contributed by atoms with Gasteiger partial charge in [-0.1, -0.05) is 24.3 Å². The molecule has 0 spiro atoms. The molecule has 2 aromatic rings. The van der Waals surface area contributed by atoms with Crippen LogP contribution >= 0.6 is 11.8 Å². The maximum atomic E-state index is 12.4. The first-order valence-electron chi connectivity index (χ1n) is 10.0. The number of thioether (sulfide) groups is 1. The Kier molecular flexibility index (Phi) is 6.22. The molecule has 0 bridgehead atoms. The van der Waals surface area contributed by atoms with Gasteiger partial charge in [0.1, 0.15) is 11.4 Å². The van der Waals surface area contributed by atoms with E-state index in [1.807, 2.05) is 48.2 Å². The number of carbonyl (C=O) groups excluding carboxylic acids is 1. The lowest BCUT2D eigenvalue weighted by molar-refractivity contribution is -0.384. The highest BCUT2D eigenvalue weighted by molar-refractivity contribution is 8.18. The molecule has 0 atom stereocenters. The summed E-state index contributed by atoms with van der Waals surface area (Å²) in [5.41, 5.74) is 1.65. The van der Waals surface area contributed by atoms with Gasteiger partial charge in [0.05, 0.1) is 16.4 Å². The first-order valence-corrected chi connectivity index (χ1v) is 10.9. The number of rotatable bonds is 5. The number of benzene rings is 2. The number of para-hydroxylation sites is 2. The second kappa shape index (κ2) is 9.22. The van der Waals surface area contributed by atoms with Crippen molar-refractivity contribution in [2.45, 2.75) is 6.92 Å². The lowest BCUT2D eigenvalue weighted by atomic mass is 10.2. The van der Waals surface area contributed by atoms with Crippen LogP contribution in [0.4, 0.5) is 11.4 Å². The van der Waals surface area contributed by atoms with Crippen molar-refractivity contribution < 1.29 is 14.5 Å². The number of amides is 1. The number of carbonyl (C=O) groups is 1. The number of nitro benzene ring substituents is 1. The van der Waals surface area contributed by atoms with Crippen molar-refractivity contribution >= 4 is 40.3 Å². The summed E-state index contributed by atoms with van der Waals surface area (Å²) in [5.74, 6) is 0.554. The molecule has 1 saturated heterocycles. The third-order valence-corrected chi connectivity index (χ3v) is 6.11. The van der Waals surface area contributed by atoms with Crippen molar-refractivity contribution in [1.82, 2.24) is 4.90 Å². The molecule has 2 aromatic carbocycles.